The Kier molecular flexibility index (Phi) is 8.12. The minimum absolute atomic E-state index is 0.249. The van der Waals surface area contributed by atoms with Gasteiger partial charge in [-0.15, -0.1) is 0 Å². The summed E-state index contributed by atoms with van der Waals surface area (Å²) >= 11 is 0. The van der Waals surface area contributed by atoms with Gasteiger partial charge in [0.15, 0.2) is 0 Å². The summed E-state index contributed by atoms with van der Waals surface area (Å²) in [7, 11) is 0. The van der Waals surface area contributed by atoms with Gasteiger partial charge >= 0.3 is 11.9 Å². The second-order valence-electron chi connectivity index (χ2n) is 3.80. The normalized spacial score (nSPS) is 10.2. The lowest BCUT2D eigenvalue weighted by molar-refractivity contribution is -0.156. The second-order valence-corrected chi connectivity index (χ2v) is 3.80. The predicted molar refractivity (Wildman–Crippen MR) is 63.8 cm³/mol. The Hall–Kier alpha value is -1.38. The van der Waals surface area contributed by atoms with E-state index in [9.17, 15) is 9.59 Å². The highest BCUT2D eigenvalue weighted by Gasteiger charge is 2.05. The molecule has 0 saturated heterocycles. The van der Waals surface area contributed by atoms with Crippen molar-refractivity contribution in [2.45, 2.75) is 46.5 Å². The van der Waals surface area contributed by atoms with Crippen LogP contribution in [0.1, 0.15) is 46.5 Å². The van der Waals surface area contributed by atoms with Crippen molar-refractivity contribution >= 4 is 11.9 Å². The van der Waals surface area contributed by atoms with E-state index in [0.29, 0.717) is 6.42 Å². The summed E-state index contributed by atoms with van der Waals surface area (Å²) in [5.41, 5.74) is 1.15. The zero-order chi connectivity index (χ0) is 12.4. The first kappa shape index (κ1) is 14.6. The van der Waals surface area contributed by atoms with Crippen LogP contribution in [0, 0.1) is 0 Å². The van der Waals surface area contributed by atoms with Gasteiger partial charge in [0.2, 0.25) is 0 Å². The highest BCUT2D eigenvalue weighted by atomic mass is 16.6. The number of unbranched alkanes of at least 4 members (excludes halogenated alkanes) is 1. The van der Waals surface area contributed by atoms with Gasteiger partial charge in [0.05, 0.1) is 0 Å². The van der Waals surface area contributed by atoms with Crippen molar-refractivity contribution in [2.75, 3.05) is 0 Å². The van der Waals surface area contributed by atoms with Crippen molar-refractivity contribution in [2.24, 2.45) is 0 Å². The molecule has 0 aliphatic carbocycles. The van der Waals surface area contributed by atoms with Crippen LogP contribution in [0.15, 0.2) is 23.8 Å². The van der Waals surface area contributed by atoms with Crippen molar-refractivity contribution in [3.05, 3.63) is 23.8 Å². The largest absolute Gasteiger partial charge is 0.390 e. The first-order valence-corrected chi connectivity index (χ1v) is 5.60. The minimum Gasteiger partial charge on any atom is -0.390 e. The van der Waals surface area contributed by atoms with Crippen molar-refractivity contribution in [1.82, 2.24) is 0 Å². The maximum Gasteiger partial charge on any atom is 0.338 e. The fourth-order valence-electron chi connectivity index (χ4n) is 1.02. The van der Waals surface area contributed by atoms with E-state index in [1.807, 2.05) is 26.8 Å². The Morgan fingerprint density at radius 2 is 1.88 bits per heavy atom. The number of allylic oxidation sites excluding steroid dienone is 3. The van der Waals surface area contributed by atoms with Crippen LogP contribution in [0.4, 0.5) is 0 Å². The van der Waals surface area contributed by atoms with Gasteiger partial charge in [-0.2, -0.15) is 0 Å². The Labute approximate surface area is 97.2 Å². The van der Waals surface area contributed by atoms with Crippen molar-refractivity contribution in [3.8, 4) is 0 Å². The number of esters is 2. The molecule has 0 unspecified atom stereocenters. The van der Waals surface area contributed by atoms with Gasteiger partial charge < -0.3 is 4.74 Å². The molecule has 0 amide bonds. The van der Waals surface area contributed by atoms with Crippen LogP contribution in [0.25, 0.3) is 0 Å². The van der Waals surface area contributed by atoms with E-state index in [1.165, 1.54) is 6.08 Å². The lowest BCUT2D eigenvalue weighted by Crippen LogP contribution is -2.09. The highest BCUT2D eigenvalue weighted by Crippen LogP contribution is 1.99. The topological polar surface area (TPSA) is 43.4 Å². The first-order valence-electron chi connectivity index (χ1n) is 5.60. The lowest BCUT2D eigenvalue weighted by atomic mass is 10.2. The zero-order valence-corrected chi connectivity index (χ0v) is 10.3. The minimum atomic E-state index is -0.573. The predicted octanol–water partition coefficient (Wildman–Crippen LogP) is 3.16. The molecular formula is C13H20O3. The summed E-state index contributed by atoms with van der Waals surface area (Å²) in [6, 6.07) is 0. The number of ether oxygens (including phenoxy) is 1. The van der Waals surface area contributed by atoms with Gasteiger partial charge in [-0.05, 0) is 26.7 Å². The molecule has 0 aliphatic rings. The average Bonchev–Trinajstić information content (AvgIpc) is 2.17. The van der Waals surface area contributed by atoms with E-state index in [-0.39, 0.29) is 6.42 Å². The quantitative estimate of drug-likeness (QED) is 0.301. The van der Waals surface area contributed by atoms with Crippen LogP contribution in [-0.2, 0) is 14.3 Å². The van der Waals surface area contributed by atoms with Gasteiger partial charge in [0.25, 0.3) is 0 Å². The molecule has 16 heavy (non-hydrogen) atoms. The summed E-state index contributed by atoms with van der Waals surface area (Å²) in [6.07, 6.45) is 7.62. The molecule has 0 rings (SSSR count). The van der Waals surface area contributed by atoms with Gasteiger partial charge in [-0.1, -0.05) is 31.1 Å². The molecule has 0 radical (unpaired) electrons. The molecule has 90 valence electrons. The Morgan fingerprint density at radius 3 is 2.44 bits per heavy atom. The zero-order valence-electron chi connectivity index (χ0n) is 10.3. The molecule has 0 aromatic heterocycles. The van der Waals surface area contributed by atoms with E-state index in [0.717, 1.165) is 18.4 Å². The monoisotopic (exact) mass is 224 g/mol. The summed E-state index contributed by atoms with van der Waals surface area (Å²) < 4.78 is 4.58. The molecule has 0 aromatic rings. The molecule has 3 heteroatoms. The molecule has 0 heterocycles. The number of rotatable bonds is 6. The van der Waals surface area contributed by atoms with Crippen molar-refractivity contribution in [3.63, 3.8) is 0 Å². The summed E-state index contributed by atoms with van der Waals surface area (Å²) in [5.74, 6) is -1.04. The van der Waals surface area contributed by atoms with Crippen LogP contribution < -0.4 is 0 Å². The fraction of sp³-hybridized carbons (Fsp3) is 0.538. The SMILES string of the molecule is CCC/C=C/C(=O)OC(=O)CCC=C(C)C. The molecule has 0 saturated carbocycles. The van der Waals surface area contributed by atoms with Crippen LogP contribution >= 0.6 is 0 Å². The standard InChI is InChI=1S/C13H20O3/c1-4-5-6-9-12(14)16-13(15)10-7-8-11(2)3/h6,8-9H,4-5,7,10H2,1-3H3/b9-6+. The highest BCUT2D eigenvalue weighted by molar-refractivity contribution is 5.91. The molecule has 3 nitrogen and oxygen atoms in total. The van der Waals surface area contributed by atoms with Gasteiger partial charge in [-0.3, -0.25) is 4.79 Å². The molecule has 0 N–H and O–H groups in total. The lowest BCUT2D eigenvalue weighted by Gasteiger charge is -1.98. The van der Waals surface area contributed by atoms with Crippen LogP contribution in [0.5, 0.6) is 0 Å². The number of hydrogen-bond donors (Lipinski definition) is 0. The Balaban J connectivity index is 3.79. The van der Waals surface area contributed by atoms with E-state index < -0.39 is 11.9 Å². The molecule has 0 spiro atoms. The third-order valence-corrected chi connectivity index (χ3v) is 1.82. The van der Waals surface area contributed by atoms with Gasteiger partial charge in [-0.25, -0.2) is 4.79 Å². The summed E-state index contributed by atoms with van der Waals surface area (Å²) in [5, 5.41) is 0. The van der Waals surface area contributed by atoms with E-state index in [1.54, 1.807) is 6.08 Å². The van der Waals surface area contributed by atoms with E-state index >= 15 is 0 Å². The number of carbonyl (C=O) groups is 2. The molecule has 0 fully saturated rings. The van der Waals surface area contributed by atoms with Gasteiger partial charge in [0, 0.05) is 12.5 Å². The van der Waals surface area contributed by atoms with Gasteiger partial charge in [0.1, 0.15) is 0 Å². The molecule has 0 bridgehead atoms. The average molecular weight is 224 g/mol. The Morgan fingerprint density at radius 1 is 1.19 bits per heavy atom. The van der Waals surface area contributed by atoms with Crippen LogP contribution in [0.3, 0.4) is 0 Å². The fourth-order valence-corrected chi connectivity index (χ4v) is 1.02. The summed E-state index contributed by atoms with van der Waals surface area (Å²) in [6.45, 7) is 5.94. The van der Waals surface area contributed by atoms with Crippen molar-refractivity contribution < 1.29 is 14.3 Å². The number of carbonyl (C=O) groups excluding carboxylic acids is 2. The second kappa shape index (κ2) is 8.89. The van der Waals surface area contributed by atoms with Crippen LogP contribution in [0.2, 0.25) is 0 Å². The Bertz CT molecular complexity index is 284. The maximum atomic E-state index is 11.2. The molecule has 0 aromatic carbocycles. The van der Waals surface area contributed by atoms with E-state index in [4.69, 9.17) is 0 Å². The summed E-state index contributed by atoms with van der Waals surface area (Å²) in [4.78, 5) is 22.2. The third kappa shape index (κ3) is 9.19. The number of hydrogen-bond acceptors (Lipinski definition) is 3. The van der Waals surface area contributed by atoms with E-state index in [2.05, 4.69) is 4.74 Å². The molecular weight excluding hydrogens is 204 g/mol. The first-order chi connectivity index (χ1) is 7.56. The molecule has 0 atom stereocenters. The van der Waals surface area contributed by atoms with Crippen molar-refractivity contribution in [1.29, 1.82) is 0 Å². The maximum absolute atomic E-state index is 11.2. The molecule has 0 aliphatic heterocycles. The third-order valence-electron chi connectivity index (χ3n) is 1.82. The van der Waals surface area contributed by atoms with Crippen LogP contribution in [-0.4, -0.2) is 11.9 Å². The smallest absolute Gasteiger partial charge is 0.338 e.